The van der Waals surface area contributed by atoms with E-state index >= 15 is 0 Å². The molecule has 0 amide bonds. The van der Waals surface area contributed by atoms with E-state index in [2.05, 4.69) is 0 Å². The highest BCUT2D eigenvalue weighted by Crippen LogP contribution is 2.30. The van der Waals surface area contributed by atoms with Crippen LogP contribution >= 0.6 is 0 Å². The first kappa shape index (κ1) is 13.5. The van der Waals surface area contributed by atoms with E-state index in [0.717, 1.165) is 30.3 Å². The molecule has 0 aliphatic rings. The van der Waals surface area contributed by atoms with E-state index in [9.17, 15) is 22.7 Å². The van der Waals surface area contributed by atoms with Gasteiger partial charge in [-0.2, -0.15) is 0 Å². The Kier molecular flexibility index (Phi) is 3.32. The molecular formula is C14H10F4O. The maximum Gasteiger partial charge on any atom is 0.159 e. The Hall–Kier alpha value is -1.88. The van der Waals surface area contributed by atoms with Crippen LogP contribution in [0.1, 0.15) is 18.1 Å². The lowest BCUT2D eigenvalue weighted by molar-refractivity contribution is 0.101. The average Bonchev–Trinajstić information content (AvgIpc) is 2.31. The van der Waals surface area contributed by atoms with E-state index in [0.29, 0.717) is 6.07 Å². The van der Waals surface area contributed by atoms with Crippen LogP contribution in [0.2, 0.25) is 0 Å². The quantitative estimate of drug-likeness (QED) is 0.828. The lowest BCUT2D eigenvalue weighted by Crippen LogP contribution is -2.23. The highest BCUT2D eigenvalue weighted by Gasteiger charge is 2.27. The van der Waals surface area contributed by atoms with Gasteiger partial charge in [-0.05, 0) is 42.3 Å². The third-order valence-electron chi connectivity index (χ3n) is 2.91. The van der Waals surface area contributed by atoms with Crippen molar-refractivity contribution in [3.05, 3.63) is 70.8 Å². The van der Waals surface area contributed by atoms with Gasteiger partial charge in [-0.25, -0.2) is 17.6 Å². The summed E-state index contributed by atoms with van der Waals surface area (Å²) in [6.07, 6.45) is 0. The maximum absolute atomic E-state index is 13.1. The number of hydrogen-bond acceptors (Lipinski definition) is 1. The summed E-state index contributed by atoms with van der Waals surface area (Å²) in [6, 6.07) is 5.31. The summed E-state index contributed by atoms with van der Waals surface area (Å²) in [6.45, 7) is 1.24. The molecule has 0 fully saturated rings. The van der Waals surface area contributed by atoms with Gasteiger partial charge in [0.2, 0.25) is 0 Å². The molecule has 1 N–H and O–H groups in total. The van der Waals surface area contributed by atoms with E-state index in [1.807, 2.05) is 0 Å². The monoisotopic (exact) mass is 270 g/mol. The van der Waals surface area contributed by atoms with Gasteiger partial charge in [-0.1, -0.05) is 6.07 Å². The summed E-state index contributed by atoms with van der Waals surface area (Å²) in [5, 5.41) is 10.3. The molecule has 5 heteroatoms. The van der Waals surface area contributed by atoms with Crippen LogP contribution in [0.5, 0.6) is 0 Å². The molecule has 2 rings (SSSR count). The van der Waals surface area contributed by atoms with Crippen LogP contribution < -0.4 is 0 Å². The minimum absolute atomic E-state index is 0.00333. The summed E-state index contributed by atoms with van der Waals surface area (Å²) in [5.74, 6) is -3.93. The van der Waals surface area contributed by atoms with Crippen LogP contribution in [0, 0.1) is 23.3 Å². The molecule has 0 radical (unpaired) electrons. The highest BCUT2D eigenvalue weighted by atomic mass is 19.2. The van der Waals surface area contributed by atoms with Gasteiger partial charge in [0.25, 0.3) is 0 Å². The second-order valence-corrected chi connectivity index (χ2v) is 4.36. The van der Waals surface area contributed by atoms with Gasteiger partial charge in [0.1, 0.15) is 17.2 Å². The zero-order valence-electron chi connectivity index (χ0n) is 9.92. The molecule has 19 heavy (non-hydrogen) atoms. The molecule has 100 valence electrons. The van der Waals surface area contributed by atoms with Crippen LogP contribution in [0.4, 0.5) is 17.6 Å². The van der Waals surface area contributed by atoms with Crippen molar-refractivity contribution >= 4 is 0 Å². The summed E-state index contributed by atoms with van der Waals surface area (Å²) in [4.78, 5) is 0. The molecule has 1 unspecified atom stereocenters. The predicted octanol–water partition coefficient (Wildman–Crippen LogP) is 3.50. The Balaban J connectivity index is 2.54. The lowest BCUT2D eigenvalue weighted by atomic mass is 9.88. The van der Waals surface area contributed by atoms with E-state index in [1.165, 1.54) is 6.92 Å². The number of hydrogen-bond donors (Lipinski definition) is 1. The zero-order valence-corrected chi connectivity index (χ0v) is 9.92. The Morgan fingerprint density at radius 1 is 0.789 bits per heavy atom. The molecule has 0 aliphatic heterocycles. The molecule has 0 heterocycles. The van der Waals surface area contributed by atoms with Crippen molar-refractivity contribution < 1.29 is 22.7 Å². The van der Waals surface area contributed by atoms with Crippen LogP contribution in [-0.4, -0.2) is 5.11 Å². The van der Waals surface area contributed by atoms with E-state index in [1.54, 1.807) is 0 Å². The number of benzene rings is 2. The first-order chi connectivity index (χ1) is 8.80. The van der Waals surface area contributed by atoms with Gasteiger partial charge in [0.15, 0.2) is 11.6 Å². The fourth-order valence-corrected chi connectivity index (χ4v) is 1.80. The van der Waals surface area contributed by atoms with Crippen LogP contribution in [0.25, 0.3) is 0 Å². The zero-order chi connectivity index (χ0) is 14.2. The van der Waals surface area contributed by atoms with Gasteiger partial charge >= 0.3 is 0 Å². The Labute approximate surface area is 107 Å². The van der Waals surface area contributed by atoms with E-state index < -0.39 is 28.9 Å². The van der Waals surface area contributed by atoms with Gasteiger partial charge in [-0.15, -0.1) is 0 Å². The number of halogens is 4. The number of rotatable bonds is 2. The summed E-state index contributed by atoms with van der Waals surface area (Å²) in [7, 11) is 0. The summed E-state index contributed by atoms with van der Waals surface area (Å²) >= 11 is 0. The molecule has 0 bridgehead atoms. The molecule has 2 aromatic rings. The molecule has 1 atom stereocenters. The minimum Gasteiger partial charge on any atom is -0.381 e. The van der Waals surface area contributed by atoms with Crippen molar-refractivity contribution in [1.29, 1.82) is 0 Å². The SMILES string of the molecule is CC(O)(c1cc(F)cc(F)c1)c1ccc(F)c(F)c1. The molecule has 2 aromatic carbocycles. The fourth-order valence-electron chi connectivity index (χ4n) is 1.80. The van der Waals surface area contributed by atoms with Crippen LogP contribution in [0.3, 0.4) is 0 Å². The van der Waals surface area contributed by atoms with Crippen molar-refractivity contribution in [2.45, 2.75) is 12.5 Å². The average molecular weight is 270 g/mol. The summed E-state index contributed by atoms with van der Waals surface area (Å²) < 4.78 is 52.3. The Morgan fingerprint density at radius 3 is 1.89 bits per heavy atom. The van der Waals surface area contributed by atoms with Gasteiger partial charge in [-0.3, -0.25) is 0 Å². The topological polar surface area (TPSA) is 20.2 Å². The predicted molar refractivity (Wildman–Crippen MR) is 61.4 cm³/mol. The van der Waals surface area contributed by atoms with Gasteiger partial charge < -0.3 is 5.11 Å². The molecular weight excluding hydrogens is 260 g/mol. The van der Waals surface area contributed by atoms with Crippen molar-refractivity contribution in [2.24, 2.45) is 0 Å². The molecule has 0 aliphatic carbocycles. The second kappa shape index (κ2) is 4.66. The van der Waals surface area contributed by atoms with Crippen molar-refractivity contribution in [2.75, 3.05) is 0 Å². The van der Waals surface area contributed by atoms with Crippen LogP contribution in [-0.2, 0) is 5.60 Å². The summed E-state index contributed by atoms with van der Waals surface area (Å²) in [5.41, 5.74) is -1.93. The van der Waals surface area contributed by atoms with E-state index in [4.69, 9.17) is 0 Å². The van der Waals surface area contributed by atoms with Gasteiger partial charge in [0, 0.05) is 6.07 Å². The second-order valence-electron chi connectivity index (χ2n) is 4.36. The Morgan fingerprint density at radius 2 is 1.37 bits per heavy atom. The van der Waals surface area contributed by atoms with Crippen LogP contribution in [0.15, 0.2) is 36.4 Å². The normalized spacial score (nSPS) is 14.2. The molecule has 0 saturated heterocycles. The first-order valence-corrected chi connectivity index (χ1v) is 5.45. The molecule has 0 spiro atoms. The third kappa shape index (κ3) is 2.61. The standard InChI is InChI=1S/C14H10F4O/c1-14(19,8-2-3-12(17)13(18)6-8)9-4-10(15)7-11(16)5-9/h2-7,19H,1H3. The largest absolute Gasteiger partial charge is 0.381 e. The van der Waals surface area contributed by atoms with Gasteiger partial charge in [0.05, 0.1) is 0 Å². The lowest BCUT2D eigenvalue weighted by Gasteiger charge is -2.24. The van der Waals surface area contributed by atoms with E-state index in [-0.39, 0.29) is 11.1 Å². The highest BCUT2D eigenvalue weighted by molar-refractivity contribution is 5.36. The van der Waals surface area contributed by atoms with Crippen molar-refractivity contribution in [3.63, 3.8) is 0 Å². The molecule has 1 nitrogen and oxygen atoms in total. The fraction of sp³-hybridized carbons (Fsp3) is 0.143. The number of aliphatic hydroxyl groups is 1. The minimum atomic E-state index is -1.84. The molecule has 0 aromatic heterocycles. The van der Waals surface area contributed by atoms with Crippen molar-refractivity contribution in [1.82, 2.24) is 0 Å². The first-order valence-electron chi connectivity index (χ1n) is 5.45. The van der Waals surface area contributed by atoms with Crippen molar-refractivity contribution in [3.8, 4) is 0 Å². The maximum atomic E-state index is 13.1. The Bertz CT molecular complexity index is 603. The molecule has 0 saturated carbocycles. The third-order valence-corrected chi connectivity index (χ3v) is 2.91. The smallest absolute Gasteiger partial charge is 0.159 e.